The summed E-state index contributed by atoms with van der Waals surface area (Å²) in [6.45, 7) is 1.62. The Balaban J connectivity index is 1.54. The molecule has 2 aromatic carbocycles. The maximum absolute atomic E-state index is 12.1. The second-order valence-corrected chi connectivity index (χ2v) is 9.90. The van der Waals surface area contributed by atoms with Gasteiger partial charge in [-0.15, -0.1) is 10.2 Å². The molecule has 11 heteroatoms. The summed E-state index contributed by atoms with van der Waals surface area (Å²) in [5.74, 6) is 2.29. The van der Waals surface area contributed by atoms with Gasteiger partial charge in [0.15, 0.2) is 21.5 Å². The van der Waals surface area contributed by atoms with Gasteiger partial charge in [-0.2, -0.15) is 4.80 Å². The molecule has 1 N–H and O–H groups in total. The first-order valence-electron chi connectivity index (χ1n) is 10.6. The fourth-order valence-corrected chi connectivity index (χ4v) is 4.40. The number of pyridine rings is 1. The van der Waals surface area contributed by atoms with Crippen molar-refractivity contribution in [1.82, 2.24) is 35.2 Å². The Morgan fingerprint density at radius 3 is 2.59 bits per heavy atom. The Labute approximate surface area is 195 Å². The van der Waals surface area contributed by atoms with Gasteiger partial charge in [0.2, 0.25) is 0 Å². The van der Waals surface area contributed by atoms with Crippen LogP contribution in [0.4, 0.5) is 0 Å². The summed E-state index contributed by atoms with van der Waals surface area (Å²) >= 11 is 0. The lowest BCUT2D eigenvalue weighted by molar-refractivity contribution is 0.477. The predicted molar refractivity (Wildman–Crippen MR) is 125 cm³/mol. The molecular formula is C23H21N7O3S. The number of aromatic nitrogens is 7. The summed E-state index contributed by atoms with van der Waals surface area (Å²) in [7, 11) is -1.58. The van der Waals surface area contributed by atoms with E-state index in [0.717, 1.165) is 16.8 Å². The molecule has 0 aliphatic heterocycles. The number of nitrogens with one attached hydrogen (secondary N) is 1. The Morgan fingerprint density at radius 1 is 1.09 bits per heavy atom. The van der Waals surface area contributed by atoms with Crippen molar-refractivity contribution in [2.75, 3.05) is 5.75 Å². The van der Waals surface area contributed by atoms with E-state index in [1.807, 2.05) is 30.3 Å². The number of nitrogens with zero attached hydrogens (tertiary/aromatic N) is 6. The lowest BCUT2D eigenvalue weighted by Gasteiger charge is -2.11. The van der Waals surface area contributed by atoms with Gasteiger partial charge >= 0.3 is 0 Å². The smallest absolute Gasteiger partial charge is 0.179 e. The zero-order valence-corrected chi connectivity index (χ0v) is 19.3. The Kier molecular flexibility index (Phi) is 5.54. The second-order valence-electron chi connectivity index (χ2n) is 7.63. The molecule has 0 aliphatic rings. The third-order valence-electron chi connectivity index (χ3n) is 5.26. The molecule has 0 bridgehead atoms. The van der Waals surface area contributed by atoms with Crippen LogP contribution < -0.4 is 4.74 Å². The lowest BCUT2D eigenvalue weighted by Crippen LogP contribution is -2.03. The number of rotatable bonds is 7. The quantitative estimate of drug-likeness (QED) is 0.380. The van der Waals surface area contributed by atoms with E-state index in [0.29, 0.717) is 35.1 Å². The predicted octanol–water partition coefficient (Wildman–Crippen LogP) is 3.33. The van der Waals surface area contributed by atoms with Gasteiger partial charge in [-0.1, -0.05) is 13.0 Å². The molecule has 34 heavy (non-hydrogen) atoms. The Hall–Kier alpha value is -4.12. The normalized spacial score (nSPS) is 11.7. The van der Waals surface area contributed by atoms with Crippen molar-refractivity contribution in [2.45, 2.75) is 18.2 Å². The van der Waals surface area contributed by atoms with Crippen molar-refractivity contribution >= 4 is 20.9 Å². The van der Waals surface area contributed by atoms with Crippen molar-refractivity contribution in [3.05, 3.63) is 72.2 Å². The van der Waals surface area contributed by atoms with Gasteiger partial charge < -0.3 is 9.72 Å². The summed E-state index contributed by atoms with van der Waals surface area (Å²) in [5.41, 5.74) is 3.07. The third-order valence-corrected chi connectivity index (χ3v) is 7.01. The van der Waals surface area contributed by atoms with Gasteiger partial charge in [-0.05, 0) is 47.7 Å². The van der Waals surface area contributed by atoms with Crippen molar-refractivity contribution < 1.29 is 13.2 Å². The minimum Gasteiger partial charge on any atom is -0.457 e. The number of aryl methyl sites for hydroxylation is 1. The van der Waals surface area contributed by atoms with Crippen molar-refractivity contribution in [2.24, 2.45) is 7.05 Å². The molecule has 172 valence electrons. The van der Waals surface area contributed by atoms with Gasteiger partial charge in [0.05, 0.1) is 28.7 Å². The van der Waals surface area contributed by atoms with Crippen LogP contribution in [0.2, 0.25) is 0 Å². The van der Waals surface area contributed by atoms with Gasteiger partial charge in [0.25, 0.3) is 0 Å². The molecule has 3 heterocycles. The van der Waals surface area contributed by atoms with Crippen molar-refractivity contribution in [1.29, 1.82) is 0 Å². The van der Waals surface area contributed by atoms with Gasteiger partial charge in [-0.3, -0.25) is 4.98 Å². The summed E-state index contributed by atoms with van der Waals surface area (Å²) in [6, 6.07) is 15.8. The van der Waals surface area contributed by atoms with E-state index in [-0.39, 0.29) is 10.6 Å². The number of fused-ring (bicyclic) bond motifs is 1. The number of sulfone groups is 1. The molecule has 0 radical (unpaired) electrons. The fourth-order valence-electron chi connectivity index (χ4n) is 3.51. The van der Waals surface area contributed by atoms with Crippen LogP contribution in [0.25, 0.3) is 22.6 Å². The highest BCUT2D eigenvalue weighted by Crippen LogP contribution is 2.32. The molecule has 0 atom stereocenters. The highest BCUT2D eigenvalue weighted by molar-refractivity contribution is 7.91. The third kappa shape index (κ3) is 4.37. The minimum atomic E-state index is -3.29. The Morgan fingerprint density at radius 2 is 1.91 bits per heavy atom. The largest absolute Gasteiger partial charge is 0.457 e. The summed E-state index contributed by atoms with van der Waals surface area (Å²) in [4.78, 5) is 14.0. The number of aromatic amines is 1. The average Bonchev–Trinajstić information content (AvgIpc) is 3.45. The van der Waals surface area contributed by atoms with E-state index in [9.17, 15) is 8.42 Å². The summed E-state index contributed by atoms with van der Waals surface area (Å²) < 4.78 is 30.4. The van der Waals surface area contributed by atoms with E-state index in [4.69, 9.17) is 4.74 Å². The van der Waals surface area contributed by atoms with E-state index in [1.54, 1.807) is 44.4 Å². The van der Waals surface area contributed by atoms with Crippen LogP contribution in [-0.2, 0) is 23.3 Å². The molecule has 0 fully saturated rings. The average molecular weight is 476 g/mol. The van der Waals surface area contributed by atoms with Gasteiger partial charge in [0, 0.05) is 24.2 Å². The van der Waals surface area contributed by atoms with Crippen molar-refractivity contribution in [3.8, 4) is 23.0 Å². The lowest BCUT2D eigenvalue weighted by atomic mass is 10.1. The molecular weight excluding hydrogens is 454 g/mol. The van der Waals surface area contributed by atoms with Gasteiger partial charge in [0.1, 0.15) is 17.2 Å². The molecule has 10 nitrogen and oxygen atoms in total. The Bertz CT molecular complexity index is 1560. The first-order chi connectivity index (χ1) is 16.4. The van der Waals surface area contributed by atoms with Crippen LogP contribution >= 0.6 is 0 Å². The first-order valence-corrected chi connectivity index (χ1v) is 12.2. The highest BCUT2D eigenvalue weighted by Gasteiger charge is 2.16. The topological polar surface area (TPSA) is 129 Å². The van der Waals surface area contributed by atoms with Crippen LogP contribution in [0.15, 0.2) is 65.7 Å². The molecule has 0 spiro atoms. The number of benzene rings is 2. The molecule has 0 saturated heterocycles. The highest BCUT2D eigenvalue weighted by atomic mass is 32.2. The van der Waals surface area contributed by atoms with E-state index in [2.05, 4.69) is 30.4 Å². The number of hydrogen-bond acceptors (Lipinski definition) is 8. The van der Waals surface area contributed by atoms with E-state index >= 15 is 0 Å². The number of imidazole rings is 1. The van der Waals surface area contributed by atoms with Crippen LogP contribution in [0.1, 0.15) is 18.3 Å². The van der Waals surface area contributed by atoms with Crippen molar-refractivity contribution in [3.63, 3.8) is 0 Å². The van der Waals surface area contributed by atoms with Crippen LogP contribution in [0, 0.1) is 0 Å². The standard InChI is InChI=1S/C23H21N7O3S/c1-3-34(31,32)17-9-7-16(8-10-17)33-21-14-20-19(12-15(21)13-22-27-29-30(2)28-22)25-23(26-20)18-6-4-5-11-24-18/h4-12,14H,3,13H2,1-2H3,(H,25,26). The van der Waals surface area contributed by atoms with Crippen LogP contribution in [-0.4, -0.2) is 49.3 Å². The minimum absolute atomic E-state index is 0.0386. The molecule has 3 aromatic heterocycles. The summed E-state index contributed by atoms with van der Waals surface area (Å²) in [6.07, 6.45) is 2.10. The zero-order valence-electron chi connectivity index (χ0n) is 18.5. The fraction of sp³-hybridized carbons (Fsp3) is 0.174. The first kappa shape index (κ1) is 21.7. The maximum Gasteiger partial charge on any atom is 0.179 e. The monoisotopic (exact) mass is 475 g/mol. The second kappa shape index (κ2) is 8.67. The molecule has 5 aromatic rings. The van der Waals surface area contributed by atoms with Crippen LogP contribution in [0.3, 0.4) is 0 Å². The molecule has 0 amide bonds. The van der Waals surface area contributed by atoms with Crippen LogP contribution in [0.5, 0.6) is 11.5 Å². The number of ether oxygens (including phenoxy) is 1. The zero-order chi connectivity index (χ0) is 23.7. The molecule has 0 aliphatic carbocycles. The SMILES string of the molecule is CCS(=O)(=O)c1ccc(Oc2cc3nc(-c4ccccn4)[nH]c3cc2Cc2nnn(C)n2)cc1. The number of hydrogen-bond donors (Lipinski definition) is 1. The molecule has 0 unspecified atom stereocenters. The molecule has 5 rings (SSSR count). The number of H-pyrrole nitrogens is 1. The summed E-state index contributed by atoms with van der Waals surface area (Å²) in [5, 5.41) is 12.3. The number of tetrazole rings is 1. The van der Waals surface area contributed by atoms with E-state index < -0.39 is 9.84 Å². The molecule has 0 saturated carbocycles. The van der Waals surface area contributed by atoms with E-state index in [1.165, 1.54) is 4.80 Å². The van der Waals surface area contributed by atoms with Gasteiger partial charge in [-0.25, -0.2) is 13.4 Å². The maximum atomic E-state index is 12.1.